The van der Waals surface area contributed by atoms with Gasteiger partial charge in [-0.3, -0.25) is 14.8 Å². The number of carbonyl (C=O) groups is 1. The number of alkyl halides is 2. The Kier molecular flexibility index (Phi) is 6.87. The maximum absolute atomic E-state index is 14.3. The molecule has 162 valence electrons. The molecule has 2 N–H and O–H groups in total. The second kappa shape index (κ2) is 9.40. The molecule has 3 rings (SSSR count). The molecule has 11 heteroatoms. The average Bonchev–Trinajstić information content (AvgIpc) is 2.74. The fraction of sp³-hybridized carbons (Fsp3) is 0.200. The molecule has 0 aromatic carbocycles. The van der Waals surface area contributed by atoms with Crippen molar-refractivity contribution in [3.63, 3.8) is 0 Å². The second-order valence-electron chi connectivity index (χ2n) is 6.55. The lowest BCUT2D eigenvalue weighted by Crippen LogP contribution is -2.28. The maximum atomic E-state index is 14.3. The van der Waals surface area contributed by atoms with E-state index >= 15 is 0 Å². The van der Waals surface area contributed by atoms with Crippen molar-refractivity contribution in [2.45, 2.75) is 19.3 Å². The third-order valence-corrected chi connectivity index (χ3v) is 5.10. The van der Waals surface area contributed by atoms with Gasteiger partial charge in [-0.25, -0.2) is 4.98 Å². The molecule has 0 saturated heterocycles. The number of hydrogen-bond donors (Lipinski definition) is 2. The van der Waals surface area contributed by atoms with E-state index in [4.69, 9.17) is 23.2 Å². The van der Waals surface area contributed by atoms with Gasteiger partial charge < -0.3 is 10.5 Å². The lowest BCUT2D eigenvalue weighted by molar-refractivity contribution is -0.115. The van der Waals surface area contributed by atoms with E-state index < -0.39 is 24.1 Å². The topological polar surface area (TPSA) is 92.4 Å². The van der Waals surface area contributed by atoms with Crippen molar-refractivity contribution in [2.75, 3.05) is 11.9 Å². The summed E-state index contributed by atoms with van der Waals surface area (Å²) in [5.74, 6) is -3.76. The maximum Gasteiger partial charge on any atom is 0.308 e. The quantitative estimate of drug-likeness (QED) is 0.535. The molecular weight excluding hydrogens is 451 g/mol. The van der Waals surface area contributed by atoms with Crippen LogP contribution in [0.15, 0.2) is 53.8 Å². The summed E-state index contributed by atoms with van der Waals surface area (Å²) in [6.07, 6.45) is 2.36. The van der Waals surface area contributed by atoms with Crippen molar-refractivity contribution >= 4 is 34.9 Å². The van der Waals surface area contributed by atoms with Crippen molar-refractivity contribution in [1.29, 1.82) is 0 Å². The van der Waals surface area contributed by atoms with E-state index in [0.29, 0.717) is 4.73 Å². The van der Waals surface area contributed by atoms with Gasteiger partial charge >= 0.3 is 5.92 Å². The molecule has 0 radical (unpaired) electrons. The molecule has 0 bridgehead atoms. The lowest BCUT2D eigenvalue weighted by atomic mass is 10.2. The first kappa shape index (κ1) is 22.6. The number of anilines is 1. The first-order chi connectivity index (χ1) is 14.7. The SMILES string of the molecule is Cc1ccnc(NC(=O)Cc2c(Cl)ccc(=NCC(F)(F)c3ccccn3)n2O)c1Cl. The summed E-state index contributed by atoms with van der Waals surface area (Å²) < 4.78 is 29.1. The predicted octanol–water partition coefficient (Wildman–Crippen LogP) is 4.00. The molecule has 3 heterocycles. The number of rotatable bonds is 6. The molecule has 3 aromatic heterocycles. The van der Waals surface area contributed by atoms with Crippen LogP contribution in [0.25, 0.3) is 0 Å². The number of carbonyl (C=O) groups excluding carboxylic acids is 1. The van der Waals surface area contributed by atoms with Gasteiger partial charge in [-0.1, -0.05) is 29.3 Å². The highest BCUT2D eigenvalue weighted by atomic mass is 35.5. The molecule has 0 aliphatic rings. The number of nitrogens with one attached hydrogen (secondary N) is 1. The van der Waals surface area contributed by atoms with E-state index in [1.165, 1.54) is 42.7 Å². The number of pyridine rings is 3. The van der Waals surface area contributed by atoms with Crippen molar-refractivity contribution < 1.29 is 18.8 Å². The number of hydrogen-bond acceptors (Lipinski definition) is 5. The third-order valence-electron chi connectivity index (χ3n) is 4.27. The zero-order valence-electron chi connectivity index (χ0n) is 16.2. The van der Waals surface area contributed by atoms with E-state index in [0.717, 1.165) is 5.56 Å². The van der Waals surface area contributed by atoms with Gasteiger partial charge in [0.2, 0.25) is 5.91 Å². The van der Waals surface area contributed by atoms with E-state index in [1.807, 2.05) is 0 Å². The van der Waals surface area contributed by atoms with Crippen LogP contribution in [0.3, 0.4) is 0 Å². The Morgan fingerprint density at radius 1 is 1.19 bits per heavy atom. The molecule has 0 aliphatic carbocycles. The minimum absolute atomic E-state index is 0.0367. The van der Waals surface area contributed by atoms with E-state index in [9.17, 15) is 18.8 Å². The van der Waals surface area contributed by atoms with Gasteiger partial charge in [-0.05, 0) is 42.8 Å². The third kappa shape index (κ3) is 5.36. The molecule has 0 aliphatic heterocycles. The Morgan fingerprint density at radius 3 is 2.68 bits per heavy atom. The Labute approximate surface area is 186 Å². The van der Waals surface area contributed by atoms with Crippen LogP contribution in [0.5, 0.6) is 0 Å². The molecule has 3 aromatic rings. The molecule has 0 spiro atoms. The molecule has 0 atom stereocenters. The van der Waals surface area contributed by atoms with Gasteiger partial charge in [0.15, 0.2) is 11.3 Å². The van der Waals surface area contributed by atoms with E-state index in [-0.39, 0.29) is 33.5 Å². The zero-order chi connectivity index (χ0) is 22.6. The first-order valence-electron chi connectivity index (χ1n) is 8.99. The highest BCUT2D eigenvalue weighted by molar-refractivity contribution is 6.34. The smallest absolute Gasteiger partial charge is 0.308 e. The number of amides is 1. The first-order valence-corrected chi connectivity index (χ1v) is 9.75. The Hall–Kier alpha value is -3.04. The summed E-state index contributed by atoms with van der Waals surface area (Å²) in [7, 11) is 0. The Balaban J connectivity index is 1.83. The van der Waals surface area contributed by atoms with E-state index in [2.05, 4.69) is 20.3 Å². The standard InChI is InChI=1S/C20H17Cl2F2N5O2/c1-12-7-9-26-19(18(12)22)28-17(30)10-14-13(21)5-6-16(29(14)31)27-11-20(23,24)15-4-2-3-8-25-15/h2-9,31H,10-11H2,1H3,(H,26,28,30). The average molecular weight is 468 g/mol. The summed E-state index contributed by atoms with van der Waals surface area (Å²) >= 11 is 12.2. The fourth-order valence-electron chi connectivity index (χ4n) is 2.63. The van der Waals surface area contributed by atoms with Gasteiger partial charge in [-0.2, -0.15) is 13.5 Å². The highest BCUT2D eigenvalue weighted by Gasteiger charge is 2.32. The van der Waals surface area contributed by atoms with Gasteiger partial charge in [0.25, 0.3) is 0 Å². The van der Waals surface area contributed by atoms with Crippen LogP contribution in [0.4, 0.5) is 14.6 Å². The highest BCUT2D eigenvalue weighted by Crippen LogP contribution is 2.26. The number of aryl methyl sites for hydroxylation is 1. The zero-order valence-corrected chi connectivity index (χ0v) is 17.7. The van der Waals surface area contributed by atoms with Gasteiger partial charge in [0, 0.05) is 12.4 Å². The van der Waals surface area contributed by atoms with E-state index in [1.54, 1.807) is 13.0 Å². The van der Waals surface area contributed by atoms with Gasteiger partial charge in [0.1, 0.15) is 12.2 Å². The van der Waals surface area contributed by atoms with Crippen molar-refractivity contribution in [2.24, 2.45) is 4.99 Å². The lowest BCUT2D eigenvalue weighted by Gasteiger charge is -2.14. The number of halogens is 4. The van der Waals surface area contributed by atoms with Crippen LogP contribution < -0.4 is 10.8 Å². The van der Waals surface area contributed by atoms with Crippen LogP contribution >= 0.6 is 23.2 Å². The molecule has 7 nitrogen and oxygen atoms in total. The predicted molar refractivity (Wildman–Crippen MR) is 112 cm³/mol. The van der Waals surface area contributed by atoms with Gasteiger partial charge in [0.05, 0.1) is 22.2 Å². The summed E-state index contributed by atoms with van der Waals surface area (Å²) in [5.41, 5.74) is 0.0380. The van der Waals surface area contributed by atoms with Crippen molar-refractivity contribution in [3.05, 3.63) is 81.3 Å². The fourth-order valence-corrected chi connectivity index (χ4v) is 3.00. The normalized spacial score (nSPS) is 12.1. The number of aromatic nitrogens is 3. The molecule has 0 fully saturated rings. The molecular formula is C20H17Cl2F2N5O2. The number of nitrogens with zero attached hydrogens (tertiary/aromatic N) is 4. The van der Waals surface area contributed by atoms with Crippen LogP contribution in [0.2, 0.25) is 10.0 Å². The largest absolute Gasteiger partial charge is 0.427 e. The summed E-state index contributed by atoms with van der Waals surface area (Å²) in [6.45, 7) is 0.796. The molecule has 31 heavy (non-hydrogen) atoms. The Morgan fingerprint density at radius 2 is 1.97 bits per heavy atom. The second-order valence-corrected chi connectivity index (χ2v) is 7.33. The van der Waals surface area contributed by atoms with Crippen LogP contribution in [0.1, 0.15) is 17.0 Å². The van der Waals surface area contributed by atoms with Crippen molar-refractivity contribution in [3.8, 4) is 0 Å². The minimum Gasteiger partial charge on any atom is -0.427 e. The monoisotopic (exact) mass is 467 g/mol. The van der Waals surface area contributed by atoms with Crippen LogP contribution in [-0.4, -0.2) is 32.4 Å². The summed E-state index contributed by atoms with van der Waals surface area (Å²) in [6, 6.07) is 8.45. The summed E-state index contributed by atoms with van der Waals surface area (Å²) in [4.78, 5) is 23.8. The molecule has 0 saturated carbocycles. The van der Waals surface area contributed by atoms with Crippen LogP contribution in [-0.2, 0) is 17.1 Å². The summed E-state index contributed by atoms with van der Waals surface area (Å²) in [5, 5.41) is 13.3. The molecule has 0 unspecified atom stereocenters. The van der Waals surface area contributed by atoms with Gasteiger partial charge in [-0.15, -0.1) is 0 Å². The van der Waals surface area contributed by atoms with Crippen molar-refractivity contribution in [1.82, 2.24) is 14.7 Å². The molecule has 1 amide bonds. The minimum atomic E-state index is -3.35. The van der Waals surface area contributed by atoms with Crippen LogP contribution in [0, 0.1) is 6.92 Å². The Bertz CT molecular complexity index is 1170.